The van der Waals surface area contributed by atoms with Crippen LogP contribution in [-0.2, 0) is 26.9 Å². The van der Waals surface area contributed by atoms with E-state index in [0.29, 0.717) is 58.9 Å². The molecule has 2 aliphatic rings. The van der Waals surface area contributed by atoms with Crippen LogP contribution in [0.3, 0.4) is 0 Å². The van der Waals surface area contributed by atoms with Crippen molar-refractivity contribution in [3.8, 4) is 17.1 Å². The van der Waals surface area contributed by atoms with E-state index >= 15 is 4.39 Å². The van der Waals surface area contributed by atoms with Crippen LogP contribution in [0.2, 0.25) is 0 Å². The number of pyridine rings is 1. The maximum Gasteiger partial charge on any atom is 0.236 e. The summed E-state index contributed by atoms with van der Waals surface area (Å²) in [5.74, 6) is 0.0847. The van der Waals surface area contributed by atoms with Gasteiger partial charge in [-0.1, -0.05) is 0 Å². The standard InChI is InChI=1S/C27H33FN6O4S/c1-32-9-10-33(16-23(32)35)15-19-12-21(28)13-22-24(30-27(31-25(19)22)34-7-5-4-6-8-34)18-11-20(17-39(3,36)37)26(38-2)29-14-18/h11-14H,4-10,15-17H2,1-3H3. The van der Waals surface area contributed by atoms with Gasteiger partial charge in [0.15, 0.2) is 9.84 Å². The first-order valence-electron chi connectivity index (χ1n) is 13.0. The molecule has 1 aromatic carbocycles. The summed E-state index contributed by atoms with van der Waals surface area (Å²) >= 11 is 0. The van der Waals surface area contributed by atoms with Crippen molar-refractivity contribution in [3.63, 3.8) is 0 Å². The summed E-state index contributed by atoms with van der Waals surface area (Å²) in [6.45, 7) is 3.52. The third kappa shape index (κ3) is 6.11. The Bertz CT molecular complexity index is 1510. The van der Waals surface area contributed by atoms with Gasteiger partial charge < -0.3 is 14.5 Å². The Morgan fingerprint density at radius 3 is 2.49 bits per heavy atom. The van der Waals surface area contributed by atoms with Crippen molar-refractivity contribution in [2.45, 2.75) is 31.6 Å². The van der Waals surface area contributed by atoms with Crippen LogP contribution >= 0.6 is 0 Å². The van der Waals surface area contributed by atoms with Crippen LogP contribution in [0.5, 0.6) is 5.88 Å². The van der Waals surface area contributed by atoms with Crippen LogP contribution in [0.4, 0.5) is 10.3 Å². The Kier molecular flexibility index (Phi) is 7.68. The first kappa shape index (κ1) is 27.2. The van der Waals surface area contributed by atoms with E-state index in [1.165, 1.54) is 19.2 Å². The van der Waals surface area contributed by atoms with Gasteiger partial charge in [0, 0.05) is 68.7 Å². The summed E-state index contributed by atoms with van der Waals surface area (Å²) in [4.78, 5) is 32.3. The minimum absolute atomic E-state index is 0.0222. The molecule has 0 unspecified atom stereocenters. The summed E-state index contributed by atoms with van der Waals surface area (Å²) in [6.07, 6.45) is 5.91. The number of anilines is 1. The summed E-state index contributed by atoms with van der Waals surface area (Å²) in [5, 5.41) is 0.503. The zero-order valence-electron chi connectivity index (χ0n) is 22.5. The SMILES string of the molecule is COc1ncc(-c2nc(N3CCCCC3)nc3c(CN4CCN(C)C(=O)C4)cc(F)cc23)cc1CS(C)(=O)=O. The Balaban J connectivity index is 1.67. The first-order chi connectivity index (χ1) is 18.6. The smallest absolute Gasteiger partial charge is 0.236 e. The fraction of sp³-hybridized carbons (Fsp3) is 0.481. The third-order valence-electron chi connectivity index (χ3n) is 7.21. The van der Waals surface area contributed by atoms with E-state index in [-0.39, 0.29) is 24.1 Å². The molecule has 2 fully saturated rings. The lowest BCUT2D eigenvalue weighted by Gasteiger charge is -2.32. The molecule has 0 atom stereocenters. The number of likely N-dealkylation sites (N-methyl/N-ethyl adjacent to an activating group) is 1. The van der Waals surface area contributed by atoms with E-state index in [1.807, 2.05) is 4.90 Å². The highest BCUT2D eigenvalue weighted by Gasteiger charge is 2.25. The van der Waals surface area contributed by atoms with E-state index in [0.717, 1.165) is 38.6 Å². The van der Waals surface area contributed by atoms with Crippen molar-refractivity contribution in [1.82, 2.24) is 24.8 Å². The number of hydrogen-bond donors (Lipinski definition) is 0. The van der Waals surface area contributed by atoms with Crippen molar-refractivity contribution in [2.24, 2.45) is 0 Å². The van der Waals surface area contributed by atoms with Gasteiger partial charge in [-0.05, 0) is 43.0 Å². The molecule has 0 saturated carbocycles. The number of aromatic nitrogens is 3. The van der Waals surface area contributed by atoms with Crippen molar-refractivity contribution >= 4 is 32.6 Å². The molecule has 12 heteroatoms. The topological polar surface area (TPSA) is 109 Å². The van der Waals surface area contributed by atoms with E-state index in [2.05, 4.69) is 9.88 Å². The third-order valence-corrected chi connectivity index (χ3v) is 8.05. The van der Waals surface area contributed by atoms with Crippen LogP contribution in [0.25, 0.3) is 22.2 Å². The number of benzene rings is 1. The van der Waals surface area contributed by atoms with Crippen LogP contribution in [0.15, 0.2) is 24.4 Å². The molecule has 2 saturated heterocycles. The fourth-order valence-corrected chi connectivity index (χ4v) is 5.98. The minimum atomic E-state index is -3.37. The number of ether oxygens (including phenoxy) is 1. The number of carbonyl (C=O) groups excluding carboxylic acids is 1. The van der Waals surface area contributed by atoms with Crippen molar-refractivity contribution < 1.29 is 22.3 Å². The van der Waals surface area contributed by atoms with Crippen molar-refractivity contribution in [3.05, 3.63) is 41.3 Å². The lowest BCUT2D eigenvalue weighted by molar-refractivity contribution is -0.134. The highest BCUT2D eigenvalue weighted by Crippen LogP contribution is 2.34. The predicted octanol–water partition coefficient (Wildman–Crippen LogP) is 2.65. The molecule has 10 nitrogen and oxygen atoms in total. The normalized spacial score (nSPS) is 17.2. The van der Waals surface area contributed by atoms with Crippen LogP contribution in [-0.4, -0.2) is 92.2 Å². The van der Waals surface area contributed by atoms with Gasteiger partial charge in [-0.25, -0.2) is 27.8 Å². The van der Waals surface area contributed by atoms with Gasteiger partial charge in [-0.3, -0.25) is 9.69 Å². The van der Waals surface area contributed by atoms with Gasteiger partial charge in [0.1, 0.15) is 5.82 Å². The van der Waals surface area contributed by atoms with Gasteiger partial charge in [-0.15, -0.1) is 0 Å². The molecule has 0 radical (unpaired) electrons. The molecule has 208 valence electrons. The molecule has 0 spiro atoms. The Hall–Kier alpha value is -3.38. The number of amides is 1. The van der Waals surface area contributed by atoms with Crippen LogP contribution in [0, 0.1) is 5.82 Å². The average molecular weight is 557 g/mol. The van der Waals surface area contributed by atoms with Gasteiger partial charge in [0.25, 0.3) is 0 Å². The van der Waals surface area contributed by atoms with Gasteiger partial charge in [-0.2, -0.15) is 0 Å². The number of piperidine rings is 1. The van der Waals surface area contributed by atoms with E-state index in [1.54, 1.807) is 24.2 Å². The zero-order valence-corrected chi connectivity index (χ0v) is 23.3. The number of methoxy groups -OCH3 is 1. The van der Waals surface area contributed by atoms with Gasteiger partial charge >= 0.3 is 0 Å². The molecular formula is C27H33FN6O4S. The minimum Gasteiger partial charge on any atom is -0.481 e. The monoisotopic (exact) mass is 556 g/mol. The Labute approximate surface area is 227 Å². The molecule has 2 aromatic heterocycles. The van der Waals surface area contributed by atoms with Crippen molar-refractivity contribution in [2.75, 3.05) is 58.0 Å². The van der Waals surface area contributed by atoms with Gasteiger partial charge in [0.2, 0.25) is 17.7 Å². The molecule has 2 aliphatic heterocycles. The first-order valence-corrected chi connectivity index (χ1v) is 15.1. The number of nitrogens with zero attached hydrogens (tertiary/aromatic N) is 6. The summed E-state index contributed by atoms with van der Waals surface area (Å²) < 4.78 is 44.6. The fourth-order valence-electron chi connectivity index (χ4n) is 5.21. The number of rotatable bonds is 7. The quantitative estimate of drug-likeness (QED) is 0.434. The second-order valence-electron chi connectivity index (χ2n) is 10.4. The molecule has 0 N–H and O–H groups in total. The number of halogens is 1. The lowest BCUT2D eigenvalue weighted by atomic mass is 10.0. The number of carbonyl (C=O) groups is 1. The molecule has 3 aromatic rings. The molecule has 5 rings (SSSR count). The highest BCUT2D eigenvalue weighted by molar-refractivity contribution is 7.89. The Morgan fingerprint density at radius 1 is 1.03 bits per heavy atom. The highest BCUT2D eigenvalue weighted by atomic mass is 32.2. The molecule has 0 bridgehead atoms. The Morgan fingerprint density at radius 2 is 1.79 bits per heavy atom. The zero-order chi connectivity index (χ0) is 27.7. The summed E-state index contributed by atoms with van der Waals surface area (Å²) in [6, 6.07) is 4.57. The average Bonchev–Trinajstić information content (AvgIpc) is 2.90. The lowest BCUT2D eigenvalue weighted by Crippen LogP contribution is -2.48. The maximum atomic E-state index is 15.1. The van der Waals surface area contributed by atoms with E-state index < -0.39 is 15.7 Å². The van der Waals surface area contributed by atoms with Crippen LogP contribution in [0.1, 0.15) is 30.4 Å². The van der Waals surface area contributed by atoms with Crippen molar-refractivity contribution in [1.29, 1.82) is 0 Å². The molecule has 0 aliphatic carbocycles. The largest absolute Gasteiger partial charge is 0.481 e. The second kappa shape index (κ2) is 11.0. The molecular weight excluding hydrogens is 523 g/mol. The van der Waals surface area contributed by atoms with E-state index in [4.69, 9.17) is 14.7 Å². The number of fused-ring (bicyclic) bond motifs is 1. The molecule has 39 heavy (non-hydrogen) atoms. The summed E-state index contributed by atoms with van der Waals surface area (Å²) in [5.41, 5.74) is 2.69. The van der Waals surface area contributed by atoms with Crippen LogP contribution < -0.4 is 9.64 Å². The van der Waals surface area contributed by atoms with E-state index in [9.17, 15) is 13.2 Å². The molecule has 1 amide bonds. The predicted molar refractivity (Wildman–Crippen MR) is 147 cm³/mol. The second-order valence-corrected chi connectivity index (χ2v) is 12.5. The number of piperazine rings is 1. The number of sulfone groups is 1. The van der Waals surface area contributed by atoms with Gasteiger partial charge in [0.05, 0.1) is 30.6 Å². The summed E-state index contributed by atoms with van der Waals surface area (Å²) in [7, 11) is -0.154. The molecule has 4 heterocycles. The maximum absolute atomic E-state index is 15.1. The number of hydrogen-bond acceptors (Lipinski definition) is 9.